The van der Waals surface area contributed by atoms with Crippen molar-refractivity contribution in [2.75, 3.05) is 11.6 Å². The van der Waals surface area contributed by atoms with Crippen molar-refractivity contribution >= 4 is 23.4 Å². The van der Waals surface area contributed by atoms with E-state index in [0.717, 1.165) is 16.3 Å². The van der Waals surface area contributed by atoms with E-state index >= 15 is 0 Å². The highest BCUT2D eigenvalue weighted by atomic mass is 32.2. The van der Waals surface area contributed by atoms with E-state index in [2.05, 4.69) is 15.3 Å². The first kappa shape index (κ1) is 16.2. The highest BCUT2D eigenvalue weighted by molar-refractivity contribution is 7.98. The molecule has 0 atom stereocenters. The van der Waals surface area contributed by atoms with E-state index in [-0.39, 0.29) is 5.91 Å². The van der Waals surface area contributed by atoms with Crippen molar-refractivity contribution in [3.05, 3.63) is 72.1 Å². The Morgan fingerprint density at radius 3 is 2.46 bits per heavy atom. The standard InChI is InChI=1S/C19H17N3OS/c1-13-16(9-10-17(21-13)14-6-4-3-5-7-14)19(23)22-15-8-11-18(24-2)20-12-15/h3-12H,1-2H3,(H,22,23). The van der Waals surface area contributed by atoms with Gasteiger partial charge in [-0.3, -0.25) is 9.78 Å². The van der Waals surface area contributed by atoms with Crippen LogP contribution in [-0.4, -0.2) is 22.1 Å². The summed E-state index contributed by atoms with van der Waals surface area (Å²) >= 11 is 1.56. The van der Waals surface area contributed by atoms with E-state index in [9.17, 15) is 4.79 Å². The fraction of sp³-hybridized carbons (Fsp3) is 0.105. The van der Waals surface area contributed by atoms with Gasteiger partial charge in [0.25, 0.3) is 5.91 Å². The van der Waals surface area contributed by atoms with Crippen LogP contribution < -0.4 is 5.32 Å². The molecule has 0 bridgehead atoms. The maximum atomic E-state index is 12.5. The van der Waals surface area contributed by atoms with Gasteiger partial charge in [0.05, 0.1) is 33.9 Å². The van der Waals surface area contributed by atoms with Crippen LogP contribution >= 0.6 is 11.8 Å². The predicted molar refractivity (Wildman–Crippen MR) is 98.4 cm³/mol. The van der Waals surface area contributed by atoms with Crippen LogP contribution in [0.2, 0.25) is 0 Å². The van der Waals surface area contributed by atoms with Crippen LogP contribution in [0.1, 0.15) is 16.1 Å². The molecular formula is C19H17N3OS. The topological polar surface area (TPSA) is 54.9 Å². The van der Waals surface area contributed by atoms with Crippen molar-refractivity contribution in [2.45, 2.75) is 11.9 Å². The van der Waals surface area contributed by atoms with E-state index < -0.39 is 0 Å². The molecule has 24 heavy (non-hydrogen) atoms. The first-order valence-electron chi connectivity index (χ1n) is 7.52. The Bertz CT molecular complexity index is 848. The zero-order chi connectivity index (χ0) is 16.9. The third kappa shape index (κ3) is 3.63. The van der Waals surface area contributed by atoms with Gasteiger partial charge in [0, 0.05) is 5.56 Å². The number of amides is 1. The van der Waals surface area contributed by atoms with Crippen molar-refractivity contribution in [2.24, 2.45) is 0 Å². The summed E-state index contributed by atoms with van der Waals surface area (Å²) in [6.45, 7) is 1.84. The number of aromatic nitrogens is 2. The third-order valence-corrected chi connectivity index (χ3v) is 4.26. The number of pyridine rings is 2. The maximum absolute atomic E-state index is 12.5. The van der Waals surface area contributed by atoms with Gasteiger partial charge in [0.1, 0.15) is 0 Å². The molecule has 120 valence electrons. The molecule has 0 unspecified atom stereocenters. The molecule has 2 heterocycles. The normalized spacial score (nSPS) is 10.4. The van der Waals surface area contributed by atoms with Crippen LogP contribution in [-0.2, 0) is 0 Å². The number of anilines is 1. The van der Waals surface area contributed by atoms with Crippen LogP contribution in [0.15, 0.2) is 65.8 Å². The second kappa shape index (κ2) is 7.27. The Balaban J connectivity index is 1.80. The molecule has 1 aromatic carbocycles. The van der Waals surface area contributed by atoms with E-state index in [1.54, 1.807) is 18.0 Å². The van der Waals surface area contributed by atoms with Crippen LogP contribution in [0, 0.1) is 6.92 Å². The lowest BCUT2D eigenvalue weighted by atomic mass is 10.1. The van der Waals surface area contributed by atoms with Crippen molar-refractivity contribution in [1.82, 2.24) is 9.97 Å². The van der Waals surface area contributed by atoms with Gasteiger partial charge in [-0.1, -0.05) is 30.3 Å². The van der Waals surface area contributed by atoms with Gasteiger partial charge in [-0.2, -0.15) is 0 Å². The second-order valence-corrected chi connectivity index (χ2v) is 6.07. The van der Waals surface area contributed by atoms with E-state index in [1.807, 2.05) is 67.8 Å². The summed E-state index contributed by atoms with van der Waals surface area (Å²) in [5.41, 5.74) is 3.82. The molecule has 0 aliphatic heterocycles. The van der Waals surface area contributed by atoms with Gasteiger partial charge in [-0.05, 0) is 37.4 Å². The lowest BCUT2D eigenvalue weighted by molar-refractivity contribution is 0.102. The number of rotatable bonds is 4. The SMILES string of the molecule is CSc1ccc(NC(=O)c2ccc(-c3ccccc3)nc2C)cn1. The molecule has 3 rings (SSSR count). The average Bonchev–Trinajstić information content (AvgIpc) is 2.63. The van der Waals surface area contributed by atoms with Gasteiger partial charge in [0.15, 0.2) is 0 Å². The largest absolute Gasteiger partial charge is 0.321 e. The molecule has 0 radical (unpaired) electrons. The summed E-state index contributed by atoms with van der Waals surface area (Å²) in [5, 5.41) is 3.77. The molecule has 2 aromatic heterocycles. The van der Waals surface area contributed by atoms with Gasteiger partial charge in [-0.25, -0.2) is 4.98 Å². The fourth-order valence-electron chi connectivity index (χ4n) is 2.34. The van der Waals surface area contributed by atoms with Gasteiger partial charge in [-0.15, -0.1) is 11.8 Å². The number of hydrogen-bond acceptors (Lipinski definition) is 4. The Labute approximate surface area is 145 Å². The average molecular weight is 335 g/mol. The Hall–Kier alpha value is -2.66. The summed E-state index contributed by atoms with van der Waals surface area (Å²) in [7, 11) is 0. The monoisotopic (exact) mass is 335 g/mol. The zero-order valence-corrected chi connectivity index (χ0v) is 14.3. The molecule has 0 spiro atoms. The minimum Gasteiger partial charge on any atom is -0.321 e. The molecule has 0 saturated carbocycles. The van der Waals surface area contributed by atoms with E-state index in [4.69, 9.17) is 0 Å². The Morgan fingerprint density at radius 1 is 1.04 bits per heavy atom. The minimum absolute atomic E-state index is 0.182. The number of benzene rings is 1. The maximum Gasteiger partial charge on any atom is 0.257 e. The van der Waals surface area contributed by atoms with E-state index in [1.165, 1.54) is 0 Å². The van der Waals surface area contributed by atoms with Gasteiger partial charge >= 0.3 is 0 Å². The van der Waals surface area contributed by atoms with Crippen molar-refractivity contribution in [1.29, 1.82) is 0 Å². The highest BCUT2D eigenvalue weighted by Gasteiger charge is 2.12. The second-order valence-electron chi connectivity index (χ2n) is 5.24. The number of carbonyl (C=O) groups excluding carboxylic acids is 1. The first-order valence-corrected chi connectivity index (χ1v) is 8.74. The lowest BCUT2D eigenvalue weighted by Gasteiger charge is -2.09. The van der Waals surface area contributed by atoms with E-state index in [0.29, 0.717) is 16.9 Å². The summed E-state index contributed by atoms with van der Waals surface area (Å²) < 4.78 is 0. The molecule has 0 fully saturated rings. The summed E-state index contributed by atoms with van der Waals surface area (Å²) in [4.78, 5) is 21.3. The van der Waals surface area contributed by atoms with Crippen LogP contribution in [0.25, 0.3) is 11.3 Å². The molecule has 0 aliphatic carbocycles. The Morgan fingerprint density at radius 2 is 1.83 bits per heavy atom. The quantitative estimate of drug-likeness (QED) is 0.717. The first-order chi connectivity index (χ1) is 11.7. The summed E-state index contributed by atoms with van der Waals surface area (Å²) in [5.74, 6) is -0.182. The predicted octanol–water partition coefficient (Wildman–Crippen LogP) is 4.43. The number of hydrogen-bond donors (Lipinski definition) is 1. The number of aryl methyl sites for hydroxylation is 1. The summed E-state index contributed by atoms with van der Waals surface area (Å²) in [6, 6.07) is 17.3. The number of nitrogens with one attached hydrogen (secondary N) is 1. The number of nitrogens with zero attached hydrogens (tertiary/aromatic N) is 2. The molecule has 3 aromatic rings. The van der Waals surface area contributed by atoms with Crippen molar-refractivity contribution in [3.8, 4) is 11.3 Å². The Kier molecular flexibility index (Phi) is 4.91. The molecule has 0 aliphatic rings. The fourth-order valence-corrected chi connectivity index (χ4v) is 2.71. The van der Waals surface area contributed by atoms with Gasteiger partial charge in [0.2, 0.25) is 0 Å². The molecule has 5 heteroatoms. The number of thioether (sulfide) groups is 1. The van der Waals surface area contributed by atoms with Crippen LogP contribution in [0.3, 0.4) is 0 Å². The molecule has 1 N–H and O–H groups in total. The molecule has 4 nitrogen and oxygen atoms in total. The molecule has 1 amide bonds. The van der Waals surface area contributed by atoms with Gasteiger partial charge < -0.3 is 5.32 Å². The van der Waals surface area contributed by atoms with Crippen LogP contribution in [0.4, 0.5) is 5.69 Å². The van der Waals surface area contributed by atoms with Crippen molar-refractivity contribution < 1.29 is 4.79 Å². The summed E-state index contributed by atoms with van der Waals surface area (Å²) in [6.07, 6.45) is 3.62. The highest BCUT2D eigenvalue weighted by Crippen LogP contribution is 2.20. The minimum atomic E-state index is -0.182. The molecule has 0 saturated heterocycles. The molecular weight excluding hydrogens is 318 g/mol. The van der Waals surface area contributed by atoms with Crippen LogP contribution in [0.5, 0.6) is 0 Å². The third-order valence-electron chi connectivity index (χ3n) is 3.60. The lowest BCUT2D eigenvalue weighted by Crippen LogP contribution is -2.14. The smallest absolute Gasteiger partial charge is 0.257 e. The van der Waals surface area contributed by atoms with Crippen molar-refractivity contribution in [3.63, 3.8) is 0 Å². The number of carbonyl (C=O) groups is 1. The zero-order valence-electron chi connectivity index (χ0n) is 13.5.